The second-order valence-corrected chi connectivity index (χ2v) is 5.08. The van der Waals surface area contributed by atoms with Crippen LogP contribution in [-0.2, 0) is 6.54 Å². The summed E-state index contributed by atoms with van der Waals surface area (Å²) in [7, 11) is 0. The first-order valence-corrected chi connectivity index (χ1v) is 5.89. The maximum absolute atomic E-state index is 4.03. The van der Waals surface area contributed by atoms with E-state index in [-0.39, 0.29) is 0 Å². The maximum Gasteiger partial charge on any atom is 0.0945 e. The van der Waals surface area contributed by atoms with E-state index in [9.17, 15) is 0 Å². The zero-order chi connectivity index (χ0) is 10.7. The van der Waals surface area contributed by atoms with Crippen molar-refractivity contribution < 1.29 is 0 Å². The number of imidazole rings is 1. The van der Waals surface area contributed by atoms with E-state index in [0.717, 1.165) is 19.0 Å². The van der Waals surface area contributed by atoms with Crippen molar-refractivity contribution >= 4 is 0 Å². The third-order valence-corrected chi connectivity index (χ3v) is 3.33. The van der Waals surface area contributed by atoms with Gasteiger partial charge in [-0.25, -0.2) is 4.98 Å². The third kappa shape index (κ3) is 3.06. The third-order valence-electron chi connectivity index (χ3n) is 3.33. The normalized spacial score (nSPS) is 16.9. The van der Waals surface area contributed by atoms with Crippen LogP contribution in [0.3, 0.4) is 0 Å². The lowest BCUT2D eigenvalue weighted by Crippen LogP contribution is -2.42. The highest BCUT2D eigenvalue weighted by molar-refractivity contribution is 4.94. The fourth-order valence-corrected chi connectivity index (χ4v) is 2.04. The Kier molecular flexibility index (Phi) is 3.10. The molecule has 1 aliphatic rings. The molecule has 1 aromatic rings. The Morgan fingerprint density at radius 1 is 1.47 bits per heavy atom. The van der Waals surface area contributed by atoms with Crippen LogP contribution in [0.5, 0.6) is 0 Å². The average molecular weight is 207 g/mol. The van der Waals surface area contributed by atoms with Gasteiger partial charge in [-0.05, 0) is 45.6 Å². The summed E-state index contributed by atoms with van der Waals surface area (Å²) in [6.07, 6.45) is 9.72. The van der Waals surface area contributed by atoms with E-state index in [4.69, 9.17) is 0 Å². The molecule has 84 valence electrons. The first-order valence-electron chi connectivity index (χ1n) is 5.89. The highest BCUT2D eigenvalue weighted by Crippen LogP contribution is 2.39. The fraction of sp³-hybridized carbons (Fsp3) is 0.750. The molecule has 1 aromatic heterocycles. The van der Waals surface area contributed by atoms with Crippen LogP contribution in [0.4, 0.5) is 0 Å². The van der Waals surface area contributed by atoms with Gasteiger partial charge in [0.25, 0.3) is 0 Å². The van der Waals surface area contributed by atoms with Crippen molar-refractivity contribution in [2.75, 3.05) is 6.54 Å². The minimum absolute atomic E-state index is 0.342. The van der Waals surface area contributed by atoms with Crippen molar-refractivity contribution in [1.82, 2.24) is 14.9 Å². The molecule has 0 saturated heterocycles. The van der Waals surface area contributed by atoms with E-state index in [1.54, 1.807) is 0 Å². The van der Waals surface area contributed by atoms with Crippen LogP contribution in [0.2, 0.25) is 0 Å². The van der Waals surface area contributed by atoms with Gasteiger partial charge in [-0.3, -0.25) is 0 Å². The Morgan fingerprint density at radius 3 is 2.87 bits per heavy atom. The van der Waals surface area contributed by atoms with Gasteiger partial charge in [-0.2, -0.15) is 0 Å². The van der Waals surface area contributed by atoms with Gasteiger partial charge >= 0.3 is 0 Å². The summed E-state index contributed by atoms with van der Waals surface area (Å²) >= 11 is 0. The van der Waals surface area contributed by atoms with Crippen LogP contribution in [0.15, 0.2) is 18.7 Å². The van der Waals surface area contributed by atoms with Crippen LogP contribution in [-0.4, -0.2) is 21.6 Å². The number of nitrogens with one attached hydrogen (secondary N) is 1. The van der Waals surface area contributed by atoms with E-state index in [2.05, 4.69) is 28.7 Å². The molecule has 1 aliphatic carbocycles. The molecular weight excluding hydrogens is 186 g/mol. The largest absolute Gasteiger partial charge is 0.337 e. The molecule has 0 atom stereocenters. The number of nitrogens with zero attached hydrogens (tertiary/aromatic N) is 2. The molecule has 3 heteroatoms. The summed E-state index contributed by atoms with van der Waals surface area (Å²) in [6, 6.07) is 0. The lowest BCUT2D eigenvalue weighted by molar-refractivity contribution is 0.336. The Morgan fingerprint density at radius 2 is 2.27 bits per heavy atom. The lowest BCUT2D eigenvalue weighted by Gasteiger charge is -2.26. The lowest BCUT2D eigenvalue weighted by atomic mass is 9.99. The summed E-state index contributed by atoms with van der Waals surface area (Å²) < 4.78 is 2.13. The molecule has 0 unspecified atom stereocenters. The molecule has 0 bridgehead atoms. The molecule has 1 fully saturated rings. The Labute approximate surface area is 91.9 Å². The van der Waals surface area contributed by atoms with Crippen molar-refractivity contribution in [3.05, 3.63) is 18.7 Å². The van der Waals surface area contributed by atoms with Gasteiger partial charge in [0, 0.05) is 24.5 Å². The van der Waals surface area contributed by atoms with Gasteiger partial charge in [0.1, 0.15) is 0 Å². The highest BCUT2D eigenvalue weighted by atomic mass is 15.0. The van der Waals surface area contributed by atoms with Crippen LogP contribution < -0.4 is 5.32 Å². The molecular formula is C12H21N3. The maximum atomic E-state index is 4.03. The van der Waals surface area contributed by atoms with Gasteiger partial charge < -0.3 is 9.88 Å². The topological polar surface area (TPSA) is 29.9 Å². The minimum atomic E-state index is 0.342. The highest BCUT2D eigenvalue weighted by Gasteiger charge is 2.36. The Hall–Kier alpha value is -0.830. The van der Waals surface area contributed by atoms with Gasteiger partial charge in [0.2, 0.25) is 0 Å². The second kappa shape index (κ2) is 4.35. The SMILES string of the molecule is CC(C)(NCCCn1ccnc1)C1CC1. The molecule has 1 saturated carbocycles. The first kappa shape index (κ1) is 10.7. The molecule has 0 aliphatic heterocycles. The van der Waals surface area contributed by atoms with E-state index in [1.807, 2.05) is 18.7 Å². The van der Waals surface area contributed by atoms with Gasteiger partial charge in [-0.1, -0.05) is 0 Å². The van der Waals surface area contributed by atoms with Crippen molar-refractivity contribution in [1.29, 1.82) is 0 Å². The predicted octanol–water partition coefficient (Wildman–Crippen LogP) is 2.05. The molecule has 15 heavy (non-hydrogen) atoms. The van der Waals surface area contributed by atoms with Crippen LogP contribution in [0.25, 0.3) is 0 Å². The molecule has 1 N–H and O–H groups in total. The number of rotatable bonds is 6. The fourth-order valence-electron chi connectivity index (χ4n) is 2.04. The molecule has 0 amide bonds. The van der Waals surface area contributed by atoms with Crippen molar-refractivity contribution in [3.63, 3.8) is 0 Å². The van der Waals surface area contributed by atoms with Crippen LogP contribution >= 0.6 is 0 Å². The van der Waals surface area contributed by atoms with E-state index >= 15 is 0 Å². The van der Waals surface area contributed by atoms with Gasteiger partial charge in [0.15, 0.2) is 0 Å². The van der Waals surface area contributed by atoms with Crippen LogP contribution in [0.1, 0.15) is 33.1 Å². The molecule has 0 radical (unpaired) electrons. The smallest absolute Gasteiger partial charge is 0.0945 e. The second-order valence-electron chi connectivity index (χ2n) is 5.08. The first-order chi connectivity index (χ1) is 7.18. The number of hydrogen-bond acceptors (Lipinski definition) is 2. The number of hydrogen-bond donors (Lipinski definition) is 1. The quantitative estimate of drug-likeness (QED) is 0.724. The van der Waals surface area contributed by atoms with Crippen molar-refractivity contribution in [2.45, 2.75) is 45.2 Å². The summed E-state index contributed by atoms with van der Waals surface area (Å²) in [5.74, 6) is 0.908. The van der Waals surface area contributed by atoms with Crippen LogP contribution in [0, 0.1) is 5.92 Å². The summed E-state index contributed by atoms with van der Waals surface area (Å²) in [5.41, 5.74) is 0.342. The summed E-state index contributed by atoms with van der Waals surface area (Å²) in [4.78, 5) is 4.03. The van der Waals surface area contributed by atoms with Gasteiger partial charge in [0.05, 0.1) is 6.33 Å². The summed E-state index contributed by atoms with van der Waals surface area (Å²) in [6.45, 7) is 6.80. The number of aryl methyl sites for hydroxylation is 1. The molecule has 1 heterocycles. The van der Waals surface area contributed by atoms with Crippen molar-refractivity contribution in [2.24, 2.45) is 5.92 Å². The zero-order valence-corrected chi connectivity index (χ0v) is 9.74. The Bertz CT molecular complexity index is 286. The van der Waals surface area contributed by atoms with Gasteiger partial charge in [-0.15, -0.1) is 0 Å². The van der Waals surface area contributed by atoms with E-state index < -0.39 is 0 Å². The van der Waals surface area contributed by atoms with Crippen molar-refractivity contribution in [3.8, 4) is 0 Å². The monoisotopic (exact) mass is 207 g/mol. The standard InChI is InChI=1S/C12H21N3/c1-12(2,11-4-5-11)14-6-3-8-15-9-7-13-10-15/h7,9-11,14H,3-6,8H2,1-2H3. The zero-order valence-electron chi connectivity index (χ0n) is 9.74. The summed E-state index contributed by atoms with van der Waals surface area (Å²) in [5, 5.41) is 3.65. The molecule has 0 spiro atoms. The average Bonchev–Trinajstić information content (AvgIpc) is 2.94. The Balaban J connectivity index is 1.62. The molecule has 2 rings (SSSR count). The molecule has 0 aromatic carbocycles. The van der Waals surface area contributed by atoms with E-state index in [0.29, 0.717) is 5.54 Å². The predicted molar refractivity (Wildman–Crippen MR) is 61.6 cm³/mol. The molecule has 3 nitrogen and oxygen atoms in total. The van der Waals surface area contributed by atoms with E-state index in [1.165, 1.54) is 19.3 Å². The minimum Gasteiger partial charge on any atom is -0.337 e. The number of aromatic nitrogens is 2.